The largest absolute Gasteiger partial charge is 0.481 e. The first-order valence-electron chi connectivity index (χ1n) is 5.79. The quantitative estimate of drug-likeness (QED) is 0.757. The molecular formula is C10H15N3O5S. The van der Waals surface area contributed by atoms with Crippen LogP contribution in [0.2, 0.25) is 0 Å². The van der Waals surface area contributed by atoms with Crippen LogP contribution in [0.4, 0.5) is 0 Å². The van der Waals surface area contributed by atoms with Crippen molar-refractivity contribution in [2.75, 3.05) is 19.8 Å². The van der Waals surface area contributed by atoms with Crippen LogP contribution in [0.5, 0.6) is 0 Å². The average molecular weight is 289 g/mol. The van der Waals surface area contributed by atoms with E-state index in [-0.39, 0.29) is 24.7 Å². The Morgan fingerprint density at radius 1 is 1.63 bits per heavy atom. The molecule has 0 saturated carbocycles. The molecule has 0 bridgehead atoms. The number of likely N-dealkylation sites (N-methyl/N-ethyl adjacent to an activating group) is 1. The number of aromatic nitrogens is 2. The van der Waals surface area contributed by atoms with Crippen molar-refractivity contribution >= 4 is 16.0 Å². The second kappa shape index (κ2) is 5.27. The highest BCUT2D eigenvalue weighted by Crippen LogP contribution is 2.25. The number of ether oxygens (including phenoxy) is 1. The number of H-pyrrole nitrogens is 1. The number of nitrogens with one attached hydrogen (secondary N) is 1. The molecular weight excluding hydrogens is 274 g/mol. The van der Waals surface area contributed by atoms with E-state index in [1.807, 2.05) is 0 Å². The maximum absolute atomic E-state index is 12.4. The minimum absolute atomic E-state index is 0.0189. The predicted molar refractivity (Wildman–Crippen MR) is 63.9 cm³/mol. The highest BCUT2D eigenvalue weighted by atomic mass is 32.2. The van der Waals surface area contributed by atoms with Crippen LogP contribution in [0.1, 0.15) is 6.92 Å². The first kappa shape index (κ1) is 14.0. The SMILES string of the molecule is CCN(C1COCC1C(=O)O)S(=O)(=O)c1cn[nH]c1. The molecule has 1 aromatic rings. The van der Waals surface area contributed by atoms with Gasteiger partial charge in [-0.3, -0.25) is 9.89 Å². The van der Waals surface area contributed by atoms with E-state index in [0.717, 1.165) is 4.31 Å². The number of aromatic amines is 1. The third kappa shape index (κ3) is 2.48. The van der Waals surface area contributed by atoms with Gasteiger partial charge < -0.3 is 9.84 Å². The fraction of sp³-hybridized carbons (Fsp3) is 0.600. The van der Waals surface area contributed by atoms with Gasteiger partial charge in [-0.2, -0.15) is 9.40 Å². The lowest BCUT2D eigenvalue weighted by atomic mass is 10.0. The lowest BCUT2D eigenvalue weighted by Crippen LogP contribution is -2.46. The number of hydrogen-bond acceptors (Lipinski definition) is 5. The van der Waals surface area contributed by atoms with Crippen LogP contribution >= 0.6 is 0 Å². The molecule has 1 aliphatic rings. The minimum Gasteiger partial charge on any atom is -0.481 e. The minimum atomic E-state index is -3.76. The third-order valence-corrected chi connectivity index (χ3v) is 5.09. The number of sulfonamides is 1. The van der Waals surface area contributed by atoms with E-state index in [4.69, 9.17) is 9.84 Å². The molecule has 0 aromatic carbocycles. The van der Waals surface area contributed by atoms with Gasteiger partial charge in [0.15, 0.2) is 0 Å². The van der Waals surface area contributed by atoms with Gasteiger partial charge in [0, 0.05) is 12.7 Å². The summed E-state index contributed by atoms with van der Waals surface area (Å²) in [5.41, 5.74) is 0. The Balaban J connectivity index is 2.32. The van der Waals surface area contributed by atoms with Gasteiger partial charge in [-0.05, 0) is 0 Å². The molecule has 1 fully saturated rings. The standard InChI is InChI=1S/C10H15N3O5S/c1-2-13(9-6-18-5-8(9)10(14)15)19(16,17)7-3-11-12-4-7/h3-4,8-9H,2,5-6H2,1H3,(H,11,12)(H,14,15). The van der Waals surface area contributed by atoms with Crippen molar-refractivity contribution in [1.82, 2.24) is 14.5 Å². The van der Waals surface area contributed by atoms with E-state index in [2.05, 4.69) is 10.2 Å². The van der Waals surface area contributed by atoms with Gasteiger partial charge in [-0.15, -0.1) is 0 Å². The maximum Gasteiger partial charge on any atom is 0.310 e. The van der Waals surface area contributed by atoms with Gasteiger partial charge in [0.2, 0.25) is 10.0 Å². The summed E-state index contributed by atoms with van der Waals surface area (Å²) in [6, 6.07) is -0.692. The molecule has 1 saturated heterocycles. The van der Waals surface area contributed by atoms with E-state index in [1.165, 1.54) is 12.4 Å². The number of aliphatic carboxylic acids is 1. The Morgan fingerprint density at radius 3 is 2.89 bits per heavy atom. The summed E-state index contributed by atoms with van der Waals surface area (Å²) in [4.78, 5) is 11.1. The van der Waals surface area contributed by atoms with Crippen molar-refractivity contribution in [1.29, 1.82) is 0 Å². The Bertz CT molecular complexity index is 542. The van der Waals surface area contributed by atoms with Crippen molar-refractivity contribution in [2.45, 2.75) is 17.9 Å². The van der Waals surface area contributed by atoms with Gasteiger partial charge in [-0.25, -0.2) is 8.42 Å². The predicted octanol–water partition coefficient (Wildman–Crippen LogP) is -0.480. The van der Waals surface area contributed by atoms with Crippen molar-refractivity contribution in [3.63, 3.8) is 0 Å². The first-order chi connectivity index (χ1) is 8.98. The molecule has 1 aliphatic heterocycles. The van der Waals surface area contributed by atoms with Crippen molar-refractivity contribution in [2.24, 2.45) is 5.92 Å². The summed E-state index contributed by atoms with van der Waals surface area (Å²) < 4.78 is 31.1. The summed E-state index contributed by atoms with van der Waals surface area (Å²) in [6.07, 6.45) is 2.47. The summed E-state index contributed by atoms with van der Waals surface area (Å²) in [5.74, 6) is -1.90. The van der Waals surface area contributed by atoms with E-state index >= 15 is 0 Å². The van der Waals surface area contributed by atoms with Gasteiger partial charge in [0.05, 0.1) is 31.4 Å². The maximum atomic E-state index is 12.4. The van der Waals surface area contributed by atoms with Crippen LogP contribution in [0.25, 0.3) is 0 Å². The number of carboxylic acid groups (broad SMARTS) is 1. The van der Waals surface area contributed by atoms with Crippen LogP contribution < -0.4 is 0 Å². The molecule has 2 unspecified atom stereocenters. The van der Waals surface area contributed by atoms with Crippen LogP contribution in [0.3, 0.4) is 0 Å². The zero-order chi connectivity index (χ0) is 14.0. The molecule has 8 nitrogen and oxygen atoms in total. The van der Waals surface area contributed by atoms with E-state index in [9.17, 15) is 13.2 Å². The lowest BCUT2D eigenvalue weighted by Gasteiger charge is -2.27. The summed E-state index contributed by atoms with van der Waals surface area (Å²) in [7, 11) is -3.76. The second-order valence-corrected chi connectivity index (χ2v) is 6.08. The average Bonchev–Trinajstić information content (AvgIpc) is 3.00. The lowest BCUT2D eigenvalue weighted by molar-refractivity contribution is -0.142. The molecule has 2 rings (SSSR count). The number of hydrogen-bond donors (Lipinski definition) is 2. The molecule has 0 amide bonds. The van der Waals surface area contributed by atoms with Crippen molar-refractivity contribution in [3.05, 3.63) is 12.4 Å². The van der Waals surface area contributed by atoms with Crippen molar-refractivity contribution < 1.29 is 23.1 Å². The Morgan fingerprint density at radius 2 is 2.37 bits per heavy atom. The smallest absolute Gasteiger partial charge is 0.310 e. The van der Waals surface area contributed by atoms with Gasteiger partial charge in [0.1, 0.15) is 4.90 Å². The topological polar surface area (TPSA) is 113 Å². The molecule has 2 atom stereocenters. The molecule has 9 heteroatoms. The van der Waals surface area contributed by atoms with Crippen LogP contribution in [0.15, 0.2) is 17.3 Å². The molecule has 0 spiro atoms. The summed E-state index contributed by atoms with van der Waals surface area (Å²) in [6.45, 7) is 1.94. The Hall–Kier alpha value is -1.45. The molecule has 19 heavy (non-hydrogen) atoms. The molecule has 0 radical (unpaired) electrons. The van der Waals surface area contributed by atoms with Gasteiger partial charge in [0.25, 0.3) is 0 Å². The van der Waals surface area contributed by atoms with E-state index in [0.29, 0.717) is 0 Å². The monoisotopic (exact) mass is 289 g/mol. The van der Waals surface area contributed by atoms with Crippen LogP contribution in [0, 0.1) is 5.92 Å². The van der Waals surface area contributed by atoms with Gasteiger partial charge >= 0.3 is 5.97 Å². The fourth-order valence-corrected chi connectivity index (χ4v) is 3.72. The fourth-order valence-electron chi connectivity index (χ4n) is 2.16. The molecule has 2 N–H and O–H groups in total. The molecule has 2 heterocycles. The molecule has 1 aromatic heterocycles. The number of carbonyl (C=O) groups is 1. The van der Waals surface area contributed by atoms with E-state index in [1.54, 1.807) is 6.92 Å². The van der Waals surface area contributed by atoms with Gasteiger partial charge in [-0.1, -0.05) is 6.92 Å². The Kier molecular flexibility index (Phi) is 3.88. The van der Waals surface area contributed by atoms with Crippen LogP contribution in [-0.4, -0.2) is 59.8 Å². The van der Waals surface area contributed by atoms with E-state index < -0.39 is 28.0 Å². The zero-order valence-corrected chi connectivity index (χ0v) is 11.1. The second-order valence-electron chi connectivity index (χ2n) is 4.19. The third-order valence-electron chi connectivity index (χ3n) is 3.13. The molecule has 106 valence electrons. The highest BCUT2D eigenvalue weighted by molar-refractivity contribution is 7.89. The Labute approximate surface area is 110 Å². The molecule has 0 aliphatic carbocycles. The summed E-state index contributed by atoms with van der Waals surface area (Å²) in [5, 5.41) is 15.1. The zero-order valence-electron chi connectivity index (χ0n) is 10.3. The normalized spacial score (nSPS) is 23.9. The number of rotatable bonds is 5. The summed E-state index contributed by atoms with van der Waals surface area (Å²) >= 11 is 0. The number of carboxylic acids is 1. The van der Waals surface area contributed by atoms with Crippen molar-refractivity contribution in [3.8, 4) is 0 Å². The first-order valence-corrected chi connectivity index (χ1v) is 7.23. The highest BCUT2D eigenvalue weighted by Gasteiger charge is 2.42. The number of nitrogens with zero attached hydrogens (tertiary/aromatic N) is 2. The van der Waals surface area contributed by atoms with Crippen LogP contribution in [-0.2, 0) is 19.6 Å².